The summed E-state index contributed by atoms with van der Waals surface area (Å²) in [6, 6.07) is 20.6. The number of rotatable bonds is 5. The van der Waals surface area contributed by atoms with Crippen molar-refractivity contribution >= 4 is 46.1 Å². The highest BCUT2D eigenvalue weighted by Gasteiger charge is 2.32. The molecule has 1 atom stereocenters. The molecule has 36 heavy (non-hydrogen) atoms. The van der Waals surface area contributed by atoms with E-state index in [9.17, 15) is 19.2 Å². The van der Waals surface area contributed by atoms with Crippen molar-refractivity contribution in [2.24, 2.45) is 0 Å². The van der Waals surface area contributed by atoms with Crippen LogP contribution < -0.4 is 5.32 Å². The molecule has 4 aromatic rings. The van der Waals surface area contributed by atoms with Crippen molar-refractivity contribution in [1.29, 1.82) is 0 Å². The Morgan fingerprint density at radius 3 is 2.36 bits per heavy atom. The van der Waals surface area contributed by atoms with E-state index >= 15 is 0 Å². The van der Waals surface area contributed by atoms with Crippen molar-refractivity contribution in [3.8, 4) is 0 Å². The first-order valence-electron chi connectivity index (χ1n) is 11.3. The second-order valence-electron chi connectivity index (χ2n) is 8.26. The van der Waals surface area contributed by atoms with Gasteiger partial charge in [0.25, 0.3) is 5.91 Å². The first-order chi connectivity index (χ1) is 17.4. The van der Waals surface area contributed by atoms with Crippen molar-refractivity contribution < 1.29 is 23.9 Å². The Kier molecular flexibility index (Phi) is 5.96. The van der Waals surface area contributed by atoms with Crippen molar-refractivity contribution in [2.45, 2.75) is 13.0 Å². The summed E-state index contributed by atoms with van der Waals surface area (Å²) >= 11 is 0. The minimum absolute atomic E-state index is 0.122. The fraction of sp³-hybridized carbons (Fsp3) is 0.0690. The van der Waals surface area contributed by atoms with Gasteiger partial charge in [-0.2, -0.15) is 0 Å². The predicted octanol–water partition coefficient (Wildman–Crippen LogP) is 4.59. The Bertz CT molecular complexity index is 1580. The summed E-state index contributed by atoms with van der Waals surface area (Å²) in [5, 5.41) is 3.56. The number of anilines is 1. The van der Waals surface area contributed by atoms with Gasteiger partial charge in [-0.3, -0.25) is 19.4 Å². The second-order valence-corrected chi connectivity index (χ2v) is 8.26. The van der Waals surface area contributed by atoms with Crippen LogP contribution in [0.5, 0.6) is 0 Å². The van der Waals surface area contributed by atoms with E-state index in [1.54, 1.807) is 48.7 Å². The zero-order valence-corrected chi connectivity index (χ0v) is 19.2. The number of carbonyl (C=O) groups excluding carboxylic acids is 4. The van der Waals surface area contributed by atoms with Crippen molar-refractivity contribution in [1.82, 2.24) is 4.98 Å². The fourth-order valence-corrected chi connectivity index (χ4v) is 4.17. The maximum Gasteiger partial charge on any atom is 0.331 e. The lowest BCUT2D eigenvalue weighted by atomic mass is 9.83. The standard InChI is InChI=1S/C29H20N2O5/c1-17(36-24(32)15-14-19-8-4-7-18-9-6-16-30-26(18)19)29(35)31-23-13-5-12-22-25(23)28(34)21-11-3-2-10-20(21)27(22)33/h2-17H,1H3,(H,31,35)/b15-14+. The van der Waals surface area contributed by atoms with Gasteiger partial charge in [0.1, 0.15) is 0 Å². The topological polar surface area (TPSA) is 102 Å². The number of aromatic nitrogens is 1. The Balaban J connectivity index is 1.31. The van der Waals surface area contributed by atoms with E-state index in [1.807, 2.05) is 30.3 Å². The van der Waals surface area contributed by atoms with Gasteiger partial charge in [-0.25, -0.2) is 4.79 Å². The number of para-hydroxylation sites is 1. The average molecular weight is 476 g/mol. The molecule has 1 N–H and O–H groups in total. The molecule has 1 aliphatic rings. The first-order valence-corrected chi connectivity index (χ1v) is 11.3. The van der Waals surface area contributed by atoms with E-state index in [0.29, 0.717) is 5.56 Å². The number of ketones is 2. The third kappa shape index (κ3) is 4.18. The molecule has 0 radical (unpaired) electrons. The van der Waals surface area contributed by atoms with Crippen LogP contribution in [0.4, 0.5) is 5.69 Å². The molecule has 1 heterocycles. The largest absolute Gasteiger partial charge is 0.449 e. The maximum atomic E-state index is 13.1. The number of hydrogen-bond donors (Lipinski definition) is 1. The summed E-state index contributed by atoms with van der Waals surface area (Å²) in [6.07, 6.45) is 3.34. The smallest absolute Gasteiger partial charge is 0.331 e. The number of nitrogens with zero attached hydrogens (tertiary/aromatic N) is 1. The Morgan fingerprint density at radius 2 is 1.56 bits per heavy atom. The van der Waals surface area contributed by atoms with Crippen LogP contribution in [0.1, 0.15) is 44.3 Å². The highest BCUT2D eigenvalue weighted by molar-refractivity contribution is 6.30. The Hall–Kier alpha value is -4.91. The van der Waals surface area contributed by atoms with E-state index in [0.717, 1.165) is 16.5 Å². The van der Waals surface area contributed by atoms with Gasteiger partial charge < -0.3 is 10.1 Å². The number of amides is 1. The molecule has 0 saturated heterocycles. The molecule has 7 nitrogen and oxygen atoms in total. The van der Waals surface area contributed by atoms with Gasteiger partial charge in [0.15, 0.2) is 17.7 Å². The monoisotopic (exact) mass is 476 g/mol. The SMILES string of the molecule is CC(OC(=O)/C=C/c1cccc2cccnc12)C(=O)Nc1cccc2c1C(=O)c1ccccc1C2=O. The predicted molar refractivity (Wildman–Crippen MR) is 135 cm³/mol. The molecule has 1 amide bonds. The lowest BCUT2D eigenvalue weighted by Crippen LogP contribution is -2.31. The summed E-state index contributed by atoms with van der Waals surface area (Å²) in [7, 11) is 0. The van der Waals surface area contributed by atoms with Crippen LogP contribution in [0.25, 0.3) is 17.0 Å². The van der Waals surface area contributed by atoms with E-state index in [2.05, 4.69) is 10.3 Å². The lowest BCUT2D eigenvalue weighted by Gasteiger charge is -2.21. The average Bonchev–Trinajstić information content (AvgIpc) is 2.90. The first kappa shape index (κ1) is 22.9. The molecule has 176 valence electrons. The molecule has 1 aromatic heterocycles. The molecule has 0 saturated carbocycles. The van der Waals surface area contributed by atoms with Crippen LogP contribution in [0.15, 0.2) is 85.1 Å². The summed E-state index contributed by atoms with van der Waals surface area (Å²) in [4.78, 5) is 55.5. The van der Waals surface area contributed by atoms with Crippen LogP contribution in [-0.2, 0) is 14.3 Å². The molecule has 1 aliphatic carbocycles. The van der Waals surface area contributed by atoms with Gasteiger partial charge in [0.05, 0.1) is 16.8 Å². The number of esters is 1. The third-order valence-electron chi connectivity index (χ3n) is 5.94. The number of ether oxygens (including phenoxy) is 1. The molecule has 0 bridgehead atoms. The molecule has 0 fully saturated rings. The summed E-state index contributed by atoms with van der Waals surface area (Å²) in [5.41, 5.74) is 2.61. The van der Waals surface area contributed by atoms with Crippen molar-refractivity contribution in [3.63, 3.8) is 0 Å². The quantitative estimate of drug-likeness (QED) is 0.294. The van der Waals surface area contributed by atoms with Gasteiger partial charge in [-0.1, -0.05) is 60.7 Å². The van der Waals surface area contributed by atoms with Crippen molar-refractivity contribution in [3.05, 3.63) is 113 Å². The molecule has 0 spiro atoms. The van der Waals surface area contributed by atoms with E-state index in [1.165, 1.54) is 19.1 Å². The van der Waals surface area contributed by atoms with Crippen LogP contribution in [-0.4, -0.2) is 34.5 Å². The van der Waals surface area contributed by atoms with Crippen LogP contribution in [0, 0.1) is 0 Å². The Morgan fingerprint density at radius 1 is 0.861 bits per heavy atom. The van der Waals surface area contributed by atoms with E-state index in [4.69, 9.17) is 4.74 Å². The maximum absolute atomic E-state index is 13.1. The zero-order chi connectivity index (χ0) is 25.2. The minimum Gasteiger partial charge on any atom is -0.449 e. The molecular weight excluding hydrogens is 456 g/mol. The number of fused-ring (bicyclic) bond motifs is 3. The third-order valence-corrected chi connectivity index (χ3v) is 5.94. The van der Waals surface area contributed by atoms with Crippen molar-refractivity contribution in [2.75, 3.05) is 5.32 Å². The highest BCUT2D eigenvalue weighted by atomic mass is 16.5. The van der Waals surface area contributed by atoms with Gasteiger partial charge in [0, 0.05) is 39.9 Å². The molecule has 5 rings (SSSR count). The van der Waals surface area contributed by atoms with Gasteiger partial charge >= 0.3 is 5.97 Å². The lowest BCUT2D eigenvalue weighted by molar-refractivity contribution is -0.148. The second kappa shape index (κ2) is 9.38. The normalized spacial score (nSPS) is 13.2. The summed E-state index contributed by atoms with van der Waals surface area (Å²) in [5.74, 6) is -1.98. The van der Waals surface area contributed by atoms with Crippen LogP contribution in [0.3, 0.4) is 0 Å². The molecule has 3 aromatic carbocycles. The Labute approximate surface area is 206 Å². The fourth-order valence-electron chi connectivity index (χ4n) is 4.17. The number of carbonyl (C=O) groups is 4. The molecular formula is C29H20N2O5. The number of nitrogens with one attached hydrogen (secondary N) is 1. The molecule has 0 aliphatic heterocycles. The molecule has 1 unspecified atom stereocenters. The van der Waals surface area contributed by atoms with Gasteiger partial charge in [0.2, 0.25) is 0 Å². The summed E-state index contributed by atoms with van der Waals surface area (Å²) in [6.45, 7) is 1.43. The summed E-state index contributed by atoms with van der Waals surface area (Å²) < 4.78 is 5.26. The van der Waals surface area contributed by atoms with E-state index < -0.39 is 18.0 Å². The minimum atomic E-state index is -1.15. The van der Waals surface area contributed by atoms with Gasteiger partial charge in [-0.15, -0.1) is 0 Å². The van der Waals surface area contributed by atoms with Crippen LogP contribution in [0.2, 0.25) is 0 Å². The zero-order valence-electron chi connectivity index (χ0n) is 19.2. The molecule has 7 heteroatoms. The number of pyridine rings is 1. The van der Waals surface area contributed by atoms with E-state index in [-0.39, 0.29) is 33.9 Å². The number of hydrogen-bond acceptors (Lipinski definition) is 6. The van der Waals surface area contributed by atoms with Crippen LogP contribution >= 0.6 is 0 Å². The highest BCUT2D eigenvalue weighted by Crippen LogP contribution is 2.32. The van der Waals surface area contributed by atoms with Gasteiger partial charge in [-0.05, 0) is 25.1 Å². The number of benzene rings is 3.